The Kier molecular flexibility index (Phi) is 7.03. The zero-order valence-electron chi connectivity index (χ0n) is 16.4. The van der Waals surface area contributed by atoms with E-state index in [-0.39, 0.29) is 18.0 Å². The average molecular weight is 488 g/mol. The van der Waals surface area contributed by atoms with Crippen molar-refractivity contribution in [3.63, 3.8) is 0 Å². The van der Waals surface area contributed by atoms with E-state index in [0.29, 0.717) is 22.5 Å². The second kappa shape index (κ2) is 9.90. The van der Waals surface area contributed by atoms with Gasteiger partial charge in [0.05, 0.1) is 21.4 Å². The van der Waals surface area contributed by atoms with Crippen molar-refractivity contribution in [2.24, 2.45) is 0 Å². The Bertz CT molecular complexity index is 1090. The van der Waals surface area contributed by atoms with E-state index in [1.54, 1.807) is 24.3 Å². The molecule has 0 aliphatic rings. The first-order valence-corrected chi connectivity index (χ1v) is 9.87. The predicted molar refractivity (Wildman–Crippen MR) is 119 cm³/mol. The van der Waals surface area contributed by atoms with Gasteiger partial charge in [-0.1, -0.05) is 0 Å². The van der Waals surface area contributed by atoms with Crippen LogP contribution in [0, 0.1) is 20.2 Å². The fourth-order valence-electron chi connectivity index (χ4n) is 2.79. The Morgan fingerprint density at radius 1 is 0.903 bits per heavy atom. The molecule has 0 aliphatic heterocycles. The molecule has 0 atom stereocenters. The lowest BCUT2D eigenvalue weighted by atomic mass is 10.2. The summed E-state index contributed by atoms with van der Waals surface area (Å²) in [5.41, 5.74) is 2.49. The second-order valence-electron chi connectivity index (χ2n) is 6.48. The van der Waals surface area contributed by atoms with E-state index in [0.717, 1.165) is 16.8 Å². The lowest BCUT2D eigenvalue weighted by Gasteiger charge is -2.15. The molecule has 0 unspecified atom stereocenters. The standard InChI is InChI=1S/C21H18BrN3O6/c1-30-20-11-15(12-23-16-4-8-18(9-5-16)25(28)29)10-19(22)21(20)31-13-14-2-6-17(7-3-14)24(26)27/h2-11,23H,12-13H2,1H3. The van der Waals surface area contributed by atoms with Crippen LogP contribution in [0.1, 0.15) is 11.1 Å². The van der Waals surface area contributed by atoms with E-state index in [4.69, 9.17) is 9.47 Å². The molecule has 0 aromatic heterocycles. The van der Waals surface area contributed by atoms with Crippen LogP contribution >= 0.6 is 15.9 Å². The normalized spacial score (nSPS) is 10.4. The minimum absolute atomic E-state index is 0.0207. The number of nitro benzene ring substituents is 2. The molecule has 3 aromatic carbocycles. The van der Waals surface area contributed by atoms with Gasteiger partial charge in [-0.25, -0.2) is 0 Å². The Morgan fingerprint density at radius 3 is 2.03 bits per heavy atom. The van der Waals surface area contributed by atoms with Crippen LogP contribution in [0.25, 0.3) is 0 Å². The van der Waals surface area contributed by atoms with E-state index in [1.165, 1.54) is 31.4 Å². The monoisotopic (exact) mass is 487 g/mol. The van der Waals surface area contributed by atoms with Crippen LogP contribution in [0.4, 0.5) is 17.1 Å². The fourth-order valence-corrected chi connectivity index (χ4v) is 3.39. The number of anilines is 1. The SMILES string of the molecule is COc1cc(CNc2ccc([N+](=O)[O-])cc2)cc(Br)c1OCc1ccc([N+](=O)[O-])cc1. The number of nitrogens with one attached hydrogen (secondary N) is 1. The number of halogens is 1. The van der Waals surface area contributed by atoms with Crippen LogP contribution in [-0.2, 0) is 13.2 Å². The summed E-state index contributed by atoms with van der Waals surface area (Å²) in [6.45, 7) is 0.683. The highest BCUT2D eigenvalue weighted by molar-refractivity contribution is 9.10. The Hall–Kier alpha value is -3.66. The average Bonchev–Trinajstić information content (AvgIpc) is 2.77. The third kappa shape index (κ3) is 5.70. The van der Waals surface area contributed by atoms with Crippen LogP contribution in [0.2, 0.25) is 0 Å². The molecular weight excluding hydrogens is 470 g/mol. The quantitative estimate of drug-likeness (QED) is 0.314. The molecule has 0 aliphatic carbocycles. The van der Waals surface area contributed by atoms with Gasteiger partial charge in [0.15, 0.2) is 11.5 Å². The number of hydrogen-bond acceptors (Lipinski definition) is 7. The summed E-state index contributed by atoms with van der Waals surface area (Å²) >= 11 is 3.50. The maximum Gasteiger partial charge on any atom is 0.269 e. The van der Waals surface area contributed by atoms with E-state index >= 15 is 0 Å². The van der Waals surface area contributed by atoms with Gasteiger partial charge < -0.3 is 14.8 Å². The van der Waals surface area contributed by atoms with Crippen LogP contribution in [0.15, 0.2) is 65.1 Å². The lowest BCUT2D eigenvalue weighted by molar-refractivity contribution is -0.385. The van der Waals surface area contributed by atoms with Gasteiger partial charge >= 0.3 is 0 Å². The molecule has 0 amide bonds. The maximum absolute atomic E-state index is 10.8. The topological polar surface area (TPSA) is 117 Å². The fraction of sp³-hybridized carbons (Fsp3) is 0.143. The molecule has 10 heteroatoms. The molecule has 31 heavy (non-hydrogen) atoms. The van der Waals surface area contributed by atoms with Crippen molar-refractivity contribution in [1.29, 1.82) is 0 Å². The molecule has 0 radical (unpaired) electrons. The van der Waals surface area contributed by atoms with E-state index in [1.807, 2.05) is 12.1 Å². The zero-order chi connectivity index (χ0) is 22.4. The van der Waals surface area contributed by atoms with Gasteiger partial charge in [0.25, 0.3) is 11.4 Å². The van der Waals surface area contributed by atoms with Crippen molar-refractivity contribution in [3.8, 4) is 11.5 Å². The van der Waals surface area contributed by atoms with Crippen molar-refractivity contribution in [2.75, 3.05) is 12.4 Å². The van der Waals surface area contributed by atoms with Crippen molar-refractivity contribution in [3.05, 3.63) is 96.5 Å². The number of rotatable bonds is 9. The summed E-state index contributed by atoms with van der Waals surface area (Å²) < 4.78 is 12.0. The van der Waals surface area contributed by atoms with E-state index < -0.39 is 9.85 Å². The molecule has 9 nitrogen and oxygen atoms in total. The van der Waals surface area contributed by atoms with Crippen LogP contribution in [-0.4, -0.2) is 17.0 Å². The van der Waals surface area contributed by atoms with Gasteiger partial charge in [0.1, 0.15) is 6.61 Å². The Balaban J connectivity index is 1.67. The summed E-state index contributed by atoms with van der Waals surface area (Å²) in [7, 11) is 1.54. The maximum atomic E-state index is 10.8. The Morgan fingerprint density at radius 2 is 1.48 bits per heavy atom. The molecule has 0 bridgehead atoms. The van der Waals surface area contributed by atoms with Crippen molar-refractivity contribution < 1.29 is 19.3 Å². The van der Waals surface area contributed by atoms with Gasteiger partial charge in [0, 0.05) is 36.5 Å². The zero-order valence-corrected chi connectivity index (χ0v) is 18.0. The lowest BCUT2D eigenvalue weighted by Crippen LogP contribution is -2.03. The largest absolute Gasteiger partial charge is 0.493 e. The van der Waals surface area contributed by atoms with Crippen molar-refractivity contribution in [2.45, 2.75) is 13.2 Å². The molecule has 0 spiro atoms. The molecule has 3 aromatic rings. The smallest absolute Gasteiger partial charge is 0.269 e. The number of benzene rings is 3. The van der Waals surface area contributed by atoms with Crippen LogP contribution < -0.4 is 14.8 Å². The highest BCUT2D eigenvalue weighted by Crippen LogP contribution is 2.37. The molecule has 0 saturated heterocycles. The summed E-state index contributed by atoms with van der Waals surface area (Å²) in [6, 6.07) is 16.0. The van der Waals surface area contributed by atoms with Gasteiger partial charge in [0.2, 0.25) is 0 Å². The number of ether oxygens (including phenoxy) is 2. The first-order chi connectivity index (χ1) is 14.9. The molecule has 1 N–H and O–H groups in total. The number of methoxy groups -OCH3 is 1. The number of nitro groups is 2. The Labute approximate surface area is 186 Å². The van der Waals surface area contributed by atoms with Gasteiger partial charge in [-0.3, -0.25) is 20.2 Å². The summed E-state index contributed by atoms with van der Waals surface area (Å²) in [5, 5.41) is 24.7. The predicted octanol–water partition coefficient (Wildman–Crippen LogP) is 5.47. The van der Waals surface area contributed by atoms with Crippen molar-refractivity contribution in [1.82, 2.24) is 0 Å². The molecule has 3 rings (SSSR count). The molecule has 0 fully saturated rings. The van der Waals surface area contributed by atoms with E-state index in [9.17, 15) is 20.2 Å². The first kappa shape index (κ1) is 22.0. The van der Waals surface area contributed by atoms with Gasteiger partial charge in [-0.2, -0.15) is 0 Å². The highest BCUT2D eigenvalue weighted by Gasteiger charge is 2.13. The summed E-state index contributed by atoms with van der Waals surface area (Å²) in [6.07, 6.45) is 0. The minimum Gasteiger partial charge on any atom is -0.493 e. The number of hydrogen-bond donors (Lipinski definition) is 1. The molecule has 0 heterocycles. The second-order valence-corrected chi connectivity index (χ2v) is 7.33. The van der Waals surface area contributed by atoms with E-state index in [2.05, 4.69) is 21.2 Å². The number of nitrogens with zero attached hydrogens (tertiary/aromatic N) is 2. The molecule has 160 valence electrons. The number of non-ortho nitro benzene ring substituents is 2. The molecular formula is C21H18BrN3O6. The third-order valence-electron chi connectivity index (χ3n) is 4.39. The molecule has 0 saturated carbocycles. The first-order valence-electron chi connectivity index (χ1n) is 9.08. The van der Waals surface area contributed by atoms with Gasteiger partial charge in [-0.15, -0.1) is 0 Å². The van der Waals surface area contributed by atoms with Crippen LogP contribution in [0.3, 0.4) is 0 Å². The third-order valence-corrected chi connectivity index (χ3v) is 4.98. The van der Waals surface area contributed by atoms with Crippen molar-refractivity contribution >= 4 is 33.0 Å². The van der Waals surface area contributed by atoms with Gasteiger partial charge in [-0.05, 0) is 63.5 Å². The van der Waals surface area contributed by atoms with Crippen LogP contribution in [0.5, 0.6) is 11.5 Å². The minimum atomic E-state index is -0.451. The highest BCUT2D eigenvalue weighted by atomic mass is 79.9. The summed E-state index contributed by atoms with van der Waals surface area (Å²) in [5.74, 6) is 1.04. The summed E-state index contributed by atoms with van der Waals surface area (Å²) in [4.78, 5) is 20.6.